The summed E-state index contributed by atoms with van der Waals surface area (Å²) in [7, 11) is 0. The van der Waals surface area contributed by atoms with E-state index in [1.165, 1.54) is 72.2 Å². The third-order valence-electron chi connectivity index (χ3n) is 15.3. The molecule has 22 heteroatoms. The second-order valence-electron chi connectivity index (χ2n) is 21.3. The number of aryl methyl sites for hydroxylation is 6. The minimum Gasteiger partial charge on any atom is -0.398 e. The second-order valence-corrected chi connectivity index (χ2v) is 21.8. The van der Waals surface area contributed by atoms with Crippen LogP contribution in [0.3, 0.4) is 0 Å². The lowest BCUT2D eigenvalue weighted by atomic mass is 10.1. The number of nitro benzene ring substituents is 2. The van der Waals surface area contributed by atoms with Crippen molar-refractivity contribution < 1.29 is 24.2 Å². The van der Waals surface area contributed by atoms with Gasteiger partial charge in [0.15, 0.2) is 17.5 Å². The molecule has 0 unspecified atom stereocenters. The summed E-state index contributed by atoms with van der Waals surface area (Å²) in [6.07, 6.45) is 12.3. The molecular formula is C64H67ClN14O7. The van der Waals surface area contributed by atoms with Gasteiger partial charge >= 0.3 is 0 Å². The smallest absolute Gasteiger partial charge is 0.282 e. The number of halogens is 1. The molecule has 442 valence electrons. The van der Waals surface area contributed by atoms with Crippen LogP contribution in [0.5, 0.6) is 0 Å². The number of nitrogen functional groups attached to an aromatic ring is 1. The van der Waals surface area contributed by atoms with Gasteiger partial charge in [-0.1, -0.05) is 29.8 Å². The molecule has 86 heavy (non-hydrogen) atoms. The number of benzene rings is 6. The van der Waals surface area contributed by atoms with E-state index in [9.17, 15) is 34.6 Å². The highest BCUT2D eigenvalue weighted by Crippen LogP contribution is 2.30. The number of carbonyl (C=O) groups is 3. The Labute approximate surface area is 502 Å². The summed E-state index contributed by atoms with van der Waals surface area (Å²) in [5.41, 5.74) is 18.0. The van der Waals surface area contributed by atoms with Gasteiger partial charge in [0.1, 0.15) is 11.1 Å². The van der Waals surface area contributed by atoms with E-state index in [4.69, 9.17) is 17.3 Å². The lowest BCUT2D eigenvalue weighted by molar-refractivity contribution is -0.385. The third kappa shape index (κ3) is 14.8. The molecule has 5 heterocycles. The van der Waals surface area contributed by atoms with Crippen LogP contribution in [0.4, 0.5) is 45.9 Å². The van der Waals surface area contributed by atoms with Gasteiger partial charge in [0, 0.05) is 97.2 Å². The molecular weight excluding hydrogens is 1110 g/mol. The molecule has 9 aromatic rings. The fourth-order valence-corrected chi connectivity index (χ4v) is 10.1. The van der Waals surface area contributed by atoms with E-state index in [2.05, 4.69) is 67.0 Å². The summed E-state index contributed by atoms with van der Waals surface area (Å²) in [6.45, 7) is 16.1. The summed E-state index contributed by atoms with van der Waals surface area (Å²) in [4.78, 5) is 64.1. The topological polar surface area (TPSA) is 260 Å². The van der Waals surface area contributed by atoms with Crippen LogP contribution in [-0.2, 0) is 0 Å². The first-order valence-corrected chi connectivity index (χ1v) is 28.6. The van der Waals surface area contributed by atoms with Crippen LogP contribution in [0.15, 0.2) is 146 Å². The maximum atomic E-state index is 12.9. The normalized spacial score (nSPS) is 12.9. The van der Waals surface area contributed by atoms with Crippen molar-refractivity contribution in [3.8, 4) is 17.1 Å². The van der Waals surface area contributed by atoms with Gasteiger partial charge in [-0.25, -0.2) is 14.0 Å². The summed E-state index contributed by atoms with van der Waals surface area (Å²) in [6, 6.07) is 37.4. The first kappa shape index (κ1) is 60.4. The molecule has 0 atom stereocenters. The molecule has 2 aliphatic rings. The fourth-order valence-electron chi connectivity index (χ4n) is 9.91. The van der Waals surface area contributed by atoms with E-state index in [1.807, 2.05) is 94.6 Å². The molecule has 3 aromatic heterocycles. The Morgan fingerprint density at radius 3 is 1.15 bits per heavy atom. The van der Waals surface area contributed by atoms with Crippen LogP contribution in [0.1, 0.15) is 103 Å². The lowest BCUT2D eigenvalue weighted by Crippen LogP contribution is -2.29. The number of amides is 3. The van der Waals surface area contributed by atoms with Crippen molar-refractivity contribution in [2.45, 2.75) is 80.1 Å². The van der Waals surface area contributed by atoms with Gasteiger partial charge in [0.25, 0.3) is 29.1 Å². The van der Waals surface area contributed by atoms with Gasteiger partial charge in [-0.3, -0.25) is 34.6 Å². The zero-order chi connectivity index (χ0) is 61.2. The number of anilines is 6. The molecule has 2 aliphatic heterocycles. The van der Waals surface area contributed by atoms with E-state index in [1.54, 1.807) is 56.8 Å². The predicted molar refractivity (Wildman–Crippen MR) is 337 cm³/mol. The molecule has 0 saturated carbocycles. The second kappa shape index (κ2) is 27.0. The van der Waals surface area contributed by atoms with Gasteiger partial charge in [-0.2, -0.15) is 15.3 Å². The number of nitrogens with two attached hydrogens (primary N) is 1. The Balaban J connectivity index is 0.000000155. The van der Waals surface area contributed by atoms with Gasteiger partial charge in [0.2, 0.25) is 0 Å². The lowest BCUT2D eigenvalue weighted by Gasteiger charge is -2.29. The molecule has 0 aliphatic carbocycles. The highest BCUT2D eigenvalue weighted by atomic mass is 35.5. The van der Waals surface area contributed by atoms with Crippen molar-refractivity contribution in [1.29, 1.82) is 0 Å². The van der Waals surface area contributed by atoms with Gasteiger partial charge in [0.05, 0.1) is 32.5 Å². The van der Waals surface area contributed by atoms with Gasteiger partial charge in [-0.15, -0.1) is 0 Å². The zero-order valence-corrected chi connectivity index (χ0v) is 49.5. The predicted octanol–water partition coefficient (Wildman–Crippen LogP) is 13.3. The van der Waals surface area contributed by atoms with Crippen LogP contribution in [0.25, 0.3) is 17.1 Å². The number of aromatic nitrogens is 6. The maximum Gasteiger partial charge on any atom is 0.282 e. The standard InChI is InChI=1S/C23H25N5O3.C23H27N5O.C18H15ClN4O3/c1-16-6-7-19(14-17(16)2)27-13-10-22(25-27)24-23(29)20-15-18(8-9-21(20)28(30)31)26-11-4-3-5-12-26;1-16-6-7-19(14-17(16)2)28-13-10-22(26-28)25-23(29)20-15-18(8-9-21(20)24)27-11-4-3-5-12-27;1-11-3-5-14(9-12(11)2)22-8-7-17(21-22)20-18(24)15-10-13(19)4-6-16(15)23(25)26/h6-10,13-15H,3-5,11-12H2,1-2H3,(H,24,25,29);6-10,13-15H,3-5,11-12,24H2,1-2H3,(H,25,26,29);3-10H,1-2H3,(H,20,21,24). The van der Waals surface area contributed by atoms with Crippen LogP contribution in [-0.4, -0.2) is 83.1 Å². The van der Waals surface area contributed by atoms with Crippen molar-refractivity contribution in [2.24, 2.45) is 0 Å². The van der Waals surface area contributed by atoms with E-state index < -0.39 is 21.7 Å². The highest BCUT2D eigenvalue weighted by molar-refractivity contribution is 6.31. The first-order chi connectivity index (χ1) is 41.3. The fraction of sp³-hybridized carbons (Fsp3) is 0.250. The average molecular weight is 1180 g/mol. The van der Waals surface area contributed by atoms with Crippen molar-refractivity contribution in [1.82, 2.24) is 29.3 Å². The van der Waals surface area contributed by atoms with E-state index in [0.29, 0.717) is 22.9 Å². The molecule has 6 aromatic carbocycles. The Kier molecular flexibility index (Phi) is 19.0. The van der Waals surface area contributed by atoms with E-state index >= 15 is 0 Å². The summed E-state index contributed by atoms with van der Waals surface area (Å²) in [5, 5.41) is 44.2. The first-order valence-electron chi connectivity index (χ1n) is 28.2. The molecule has 3 amide bonds. The number of carbonyl (C=O) groups excluding carboxylic acids is 3. The van der Waals surface area contributed by atoms with Crippen molar-refractivity contribution in [3.63, 3.8) is 0 Å². The minimum atomic E-state index is -0.649. The SMILES string of the molecule is Cc1ccc(-n2ccc(NC(=O)c3cc(Cl)ccc3[N+](=O)[O-])n2)cc1C.Cc1ccc(-n2ccc(NC(=O)c3cc(N4CCCCC4)ccc3N)n2)cc1C.Cc1ccc(-n2ccc(NC(=O)c3cc(N4CCCCC4)ccc3[N+](=O)[O-])n2)cc1C. The molecule has 11 rings (SSSR count). The number of piperidine rings is 2. The zero-order valence-electron chi connectivity index (χ0n) is 48.7. The van der Waals surface area contributed by atoms with Crippen molar-refractivity contribution in [2.75, 3.05) is 57.7 Å². The van der Waals surface area contributed by atoms with Crippen LogP contribution in [0, 0.1) is 61.8 Å². The van der Waals surface area contributed by atoms with Crippen molar-refractivity contribution >= 4 is 75.2 Å². The Morgan fingerprint density at radius 2 is 0.767 bits per heavy atom. The quantitative estimate of drug-likeness (QED) is 0.0476. The largest absolute Gasteiger partial charge is 0.398 e. The Bertz CT molecular complexity index is 3990. The monoisotopic (exact) mass is 1180 g/mol. The number of nitrogens with zero attached hydrogens (tertiary/aromatic N) is 10. The maximum absolute atomic E-state index is 12.9. The summed E-state index contributed by atoms with van der Waals surface area (Å²) >= 11 is 5.86. The molecule has 21 nitrogen and oxygen atoms in total. The van der Waals surface area contributed by atoms with Crippen molar-refractivity contribution in [3.05, 3.63) is 221 Å². The van der Waals surface area contributed by atoms with Crippen LogP contribution < -0.4 is 31.5 Å². The molecule has 0 radical (unpaired) electrons. The summed E-state index contributed by atoms with van der Waals surface area (Å²) < 4.78 is 5.05. The van der Waals surface area contributed by atoms with E-state index in [0.717, 1.165) is 78.6 Å². The number of hydrogen-bond donors (Lipinski definition) is 4. The average Bonchev–Trinajstić information content (AvgIpc) is 4.44. The van der Waals surface area contributed by atoms with Crippen LogP contribution >= 0.6 is 11.6 Å². The highest BCUT2D eigenvalue weighted by Gasteiger charge is 2.25. The molecule has 2 fully saturated rings. The molecule has 5 N–H and O–H groups in total. The molecule has 0 bridgehead atoms. The van der Waals surface area contributed by atoms with Gasteiger partial charge in [-0.05, 0) is 192 Å². The van der Waals surface area contributed by atoms with E-state index in [-0.39, 0.29) is 39.2 Å². The van der Waals surface area contributed by atoms with Gasteiger partial charge < -0.3 is 31.5 Å². The number of hydrogen-bond acceptors (Lipinski definition) is 13. The number of nitrogens with one attached hydrogen (secondary N) is 3. The Hall–Kier alpha value is -10.2. The van der Waals surface area contributed by atoms with Crippen LogP contribution in [0.2, 0.25) is 5.02 Å². The number of rotatable bonds is 13. The molecule has 2 saturated heterocycles. The minimum absolute atomic E-state index is 0.0359. The Morgan fingerprint density at radius 1 is 0.430 bits per heavy atom. The molecule has 0 spiro atoms. The summed E-state index contributed by atoms with van der Waals surface area (Å²) in [5.74, 6) is -0.327. The third-order valence-corrected chi connectivity index (χ3v) is 15.5. The number of nitro groups is 2.